The Morgan fingerprint density at radius 3 is 2.62 bits per heavy atom. The number of aromatic nitrogens is 2. The van der Waals surface area contributed by atoms with Gasteiger partial charge < -0.3 is 15.3 Å². The van der Waals surface area contributed by atoms with Crippen LogP contribution in [0.2, 0.25) is 0 Å². The highest BCUT2D eigenvalue weighted by molar-refractivity contribution is 5.79. The van der Waals surface area contributed by atoms with Crippen LogP contribution >= 0.6 is 0 Å². The molecule has 3 heterocycles. The van der Waals surface area contributed by atoms with Crippen molar-refractivity contribution in [2.45, 2.75) is 44.5 Å². The molecule has 172 valence electrons. The molecule has 0 bridgehead atoms. The van der Waals surface area contributed by atoms with Gasteiger partial charge in [0.1, 0.15) is 17.2 Å². The molecule has 0 aliphatic carbocycles. The van der Waals surface area contributed by atoms with Crippen molar-refractivity contribution in [1.29, 1.82) is 0 Å². The van der Waals surface area contributed by atoms with Crippen molar-refractivity contribution >= 4 is 11.6 Å². The Labute approximate surface area is 180 Å². The minimum atomic E-state index is -4.69. The Kier molecular flexibility index (Phi) is 5.78. The topological polar surface area (TPSA) is 78.4 Å². The molecule has 3 atom stereocenters. The van der Waals surface area contributed by atoms with Crippen molar-refractivity contribution in [3.05, 3.63) is 35.4 Å². The van der Waals surface area contributed by atoms with Crippen molar-refractivity contribution in [3.8, 4) is 17.0 Å². The lowest BCUT2D eigenvalue weighted by Gasteiger charge is -2.36. The molecule has 2 aliphatic heterocycles. The zero-order valence-corrected chi connectivity index (χ0v) is 17.0. The minimum Gasteiger partial charge on any atom is -0.507 e. The number of carbonyl (C=O) groups is 1. The molecule has 0 saturated carbocycles. The van der Waals surface area contributed by atoms with Crippen LogP contribution in [-0.4, -0.2) is 46.3 Å². The van der Waals surface area contributed by atoms with Crippen molar-refractivity contribution in [2.24, 2.45) is 5.92 Å². The first kappa shape index (κ1) is 22.4. The Hall–Kier alpha value is -2.82. The van der Waals surface area contributed by atoms with Gasteiger partial charge in [0.25, 0.3) is 6.43 Å². The second-order valence-electron chi connectivity index (χ2n) is 8.14. The molecule has 0 radical (unpaired) electrons. The molecule has 2 saturated heterocycles. The highest BCUT2D eigenvalue weighted by atomic mass is 19.4. The predicted octanol–water partition coefficient (Wildman–Crippen LogP) is 3.95. The van der Waals surface area contributed by atoms with Crippen LogP contribution in [0.5, 0.6) is 5.75 Å². The summed E-state index contributed by atoms with van der Waals surface area (Å²) in [5.41, 5.74) is -2.29. The summed E-state index contributed by atoms with van der Waals surface area (Å²) in [6.07, 6.45) is -6.36. The molecule has 1 aromatic heterocycles. The molecule has 1 aromatic carbocycles. The summed E-state index contributed by atoms with van der Waals surface area (Å²) in [5.74, 6) is -0.738. The van der Waals surface area contributed by atoms with E-state index in [1.807, 2.05) is 4.90 Å². The van der Waals surface area contributed by atoms with E-state index in [9.17, 15) is 31.9 Å². The highest BCUT2D eigenvalue weighted by Crippen LogP contribution is 2.40. The molecular weight excluding hydrogens is 435 g/mol. The standard InChI is InChI=1S/C21H21F5N4O2/c1-10(31)11-6-16-15(27-9-11)4-5-30(16)18-8-14(20(22)23)19(29-28-18)13-3-2-12(7-17(13)32)21(24,25)26/h2-3,7-8,11,15-16,20,27,32H,4-6,9H2,1H3/t11?,15-,16-/m1/s1. The van der Waals surface area contributed by atoms with Gasteiger partial charge in [0.15, 0.2) is 5.82 Å². The molecule has 11 heteroatoms. The number of alkyl halides is 5. The third-order valence-electron chi connectivity index (χ3n) is 6.19. The number of halogens is 5. The largest absolute Gasteiger partial charge is 0.507 e. The van der Waals surface area contributed by atoms with Gasteiger partial charge in [0.2, 0.25) is 0 Å². The monoisotopic (exact) mass is 456 g/mol. The number of benzene rings is 1. The number of anilines is 1. The average Bonchev–Trinajstić information content (AvgIpc) is 3.16. The van der Waals surface area contributed by atoms with E-state index >= 15 is 0 Å². The highest BCUT2D eigenvalue weighted by Gasteiger charge is 2.41. The Balaban J connectivity index is 1.68. The molecular formula is C21H21F5N4O2. The van der Waals surface area contributed by atoms with E-state index in [1.165, 1.54) is 6.92 Å². The zero-order valence-electron chi connectivity index (χ0n) is 17.0. The maximum atomic E-state index is 13.9. The summed E-state index contributed by atoms with van der Waals surface area (Å²) in [4.78, 5) is 13.6. The van der Waals surface area contributed by atoms with E-state index in [0.717, 1.165) is 18.6 Å². The number of Topliss-reactive ketones (excluding diaryl/α,β-unsaturated/α-hetero) is 1. The summed E-state index contributed by atoms with van der Waals surface area (Å²) in [7, 11) is 0. The number of phenolic OH excluding ortho intramolecular Hbond substituents is 1. The number of fused-ring (bicyclic) bond motifs is 1. The molecule has 2 fully saturated rings. The third-order valence-corrected chi connectivity index (χ3v) is 6.19. The van der Waals surface area contributed by atoms with Crippen LogP contribution in [0.3, 0.4) is 0 Å². The zero-order chi connectivity index (χ0) is 23.2. The first-order valence-corrected chi connectivity index (χ1v) is 10.1. The molecule has 4 rings (SSSR count). The van der Waals surface area contributed by atoms with Gasteiger partial charge in [-0.1, -0.05) is 0 Å². The van der Waals surface area contributed by atoms with E-state index in [-0.39, 0.29) is 40.9 Å². The predicted molar refractivity (Wildman–Crippen MR) is 105 cm³/mol. The number of nitrogens with zero attached hydrogens (tertiary/aromatic N) is 3. The van der Waals surface area contributed by atoms with E-state index in [1.54, 1.807) is 0 Å². The van der Waals surface area contributed by atoms with Crippen LogP contribution in [0.1, 0.15) is 37.3 Å². The van der Waals surface area contributed by atoms with Gasteiger partial charge in [-0.05, 0) is 44.0 Å². The second-order valence-corrected chi connectivity index (χ2v) is 8.14. The summed E-state index contributed by atoms with van der Waals surface area (Å²) >= 11 is 0. The van der Waals surface area contributed by atoms with Gasteiger partial charge >= 0.3 is 6.18 Å². The van der Waals surface area contributed by atoms with Crippen LogP contribution in [0.4, 0.5) is 27.8 Å². The van der Waals surface area contributed by atoms with Gasteiger partial charge in [-0.25, -0.2) is 8.78 Å². The molecule has 0 spiro atoms. The number of carbonyl (C=O) groups excluding carboxylic acids is 1. The Morgan fingerprint density at radius 2 is 2.00 bits per heavy atom. The normalized spacial score (nSPS) is 23.5. The van der Waals surface area contributed by atoms with Crippen LogP contribution in [0.25, 0.3) is 11.3 Å². The quantitative estimate of drug-likeness (QED) is 0.679. The number of piperidine rings is 1. The SMILES string of the molecule is CC(=O)C1CN[C@@H]2CCN(c3cc(C(F)F)c(-c4ccc(C(F)(F)F)cc4O)nn3)[C@@H]2C1. The smallest absolute Gasteiger partial charge is 0.416 e. The number of hydrogen-bond acceptors (Lipinski definition) is 6. The summed E-state index contributed by atoms with van der Waals surface area (Å²) < 4.78 is 66.3. The fourth-order valence-corrected chi connectivity index (χ4v) is 4.47. The van der Waals surface area contributed by atoms with E-state index < -0.39 is 29.5 Å². The lowest BCUT2D eigenvalue weighted by Crippen LogP contribution is -2.52. The number of ketones is 1. The summed E-state index contributed by atoms with van der Waals surface area (Å²) in [5, 5.41) is 21.3. The molecule has 0 amide bonds. The van der Waals surface area contributed by atoms with E-state index in [4.69, 9.17) is 0 Å². The van der Waals surface area contributed by atoms with Gasteiger partial charge in [0.05, 0.1) is 5.56 Å². The van der Waals surface area contributed by atoms with E-state index in [2.05, 4.69) is 15.5 Å². The van der Waals surface area contributed by atoms with Crippen molar-refractivity contribution < 1.29 is 31.9 Å². The molecule has 32 heavy (non-hydrogen) atoms. The molecule has 2 aliphatic rings. The maximum absolute atomic E-state index is 13.9. The first-order valence-electron chi connectivity index (χ1n) is 10.1. The fraction of sp³-hybridized carbons (Fsp3) is 0.476. The second kappa shape index (κ2) is 8.27. The average molecular weight is 456 g/mol. The number of nitrogens with one attached hydrogen (secondary N) is 1. The maximum Gasteiger partial charge on any atom is 0.416 e. The Bertz CT molecular complexity index is 1030. The lowest BCUT2D eigenvalue weighted by molar-refractivity contribution is -0.137. The van der Waals surface area contributed by atoms with Crippen LogP contribution in [0.15, 0.2) is 24.3 Å². The molecule has 2 N–H and O–H groups in total. The molecule has 2 aromatic rings. The first-order chi connectivity index (χ1) is 15.1. The number of hydrogen-bond donors (Lipinski definition) is 2. The fourth-order valence-electron chi connectivity index (χ4n) is 4.47. The van der Waals surface area contributed by atoms with Crippen LogP contribution < -0.4 is 10.2 Å². The van der Waals surface area contributed by atoms with Crippen molar-refractivity contribution in [1.82, 2.24) is 15.5 Å². The summed E-state index contributed by atoms with van der Waals surface area (Å²) in [6.45, 7) is 2.63. The van der Waals surface area contributed by atoms with Crippen molar-refractivity contribution in [2.75, 3.05) is 18.0 Å². The number of aromatic hydroxyl groups is 1. The number of rotatable bonds is 4. The molecule has 1 unspecified atom stereocenters. The minimum absolute atomic E-state index is 0.0512. The van der Waals surface area contributed by atoms with Gasteiger partial charge in [-0.15, -0.1) is 10.2 Å². The molecule has 6 nitrogen and oxygen atoms in total. The van der Waals surface area contributed by atoms with Gasteiger partial charge in [-0.3, -0.25) is 4.79 Å². The lowest BCUT2D eigenvalue weighted by atomic mass is 9.88. The number of phenols is 1. The van der Waals surface area contributed by atoms with Gasteiger partial charge in [-0.2, -0.15) is 13.2 Å². The van der Waals surface area contributed by atoms with Gasteiger partial charge in [0, 0.05) is 42.2 Å². The summed E-state index contributed by atoms with van der Waals surface area (Å²) in [6, 6.07) is 3.22. The van der Waals surface area contributed by atoms with E-state index in [0.29, 0.717) is 31.6 Å². The van der Waals surface area contributed by atoms with Crippen LogP contribution in [0, 0.1) is 5.92 Å². The third kappa shape index (κ3) is 4.13. The Morgan fingerprint density at radius 1 is 1.25 bits per heavy atom. The van der Waals surface area contributed by atoms with Crippen molar-refractivity contribution in [3.63, 3.8) is 0 Å². The van der Waals surface area contributed by atoms with Crippen LogP contribution in [-0.2, 0) is 11.0 Å².